The normalized spacial score (nSPS) is 12.6. The summed E-state index contributed by atoms with van der Waals surface area (Å²) in [7, 11) is 0. The number of nitrogens with zero attached hydrogens (tertiary/aromatic N) is 2. The van der Waals surface area contributed by atoms with Crippen molar-refractivity contribution in [2.45, 2.75) is 24.0 Å². The second-order valence-corrected chi connectivity index (χ2v) is 9.04. The number of benzene rings is 1. The third kappa shape index (κ3) is 3.26. The van der Waals surface area contributed by atoms with E-state index in [1.165, 1.54) is 11.3 Å². The van der Waals surface area contributed by atoms with Gasteiger partial charge in [-0.25, -0.2) is 4.98 Å². The van der Waals surface area contributed by atoms with Crippen molar-refractivity contribution in [1.82, 2.24) is 15.0 Å². The van der Waals surface area contributed by atoms with Gasteiger partial charge in [-0.05, 0) is 38.1 Å². The van der Waals surface area contributed by atoms with Gasteiger partial charge in [0.25, 0.3) is 5.56 Å². The summed E-state index contributed by atoms with van der Waals surface area (Å²) in [6.07, 6.45) is 1.61. The summed E-state index contributed by atoms with van der Waals surface area (Å²) < 4.78 is 5.47. The van der Waals surface area contributed by atoms with Crippen LogP contribution in [0, 0.1) is 6.92 Å². The number of aryl methyl sites for hydroxylation is 1. The molecular formula is C22H17N3O2S2. The summed E-state index contributed by atoms with van der Waals surface area (Å²) in [6.45, 7) is 4.05. The van der Waals surface area contributed by atoms with Crippen LogP contribution in [0.25, 0.3) is 32.4 Å². The smallest absolute Gasteiger partial charge is 0.260 e. The van der Waals surface area contributed by atoms with Gasteiger partial charge >= 0.3 is 0 Å². The first kappa shape index (κ1) is 18.1. The second kappa shape index (κ2) is 7.17. The van der Waals surface area contributed by atoms with Crippen LogP contribution in [0.4, 0.5) is 0 Å². The minimum absolute atomic E-state index is 0.0218. The Morgan fingerprint density at radius 2 is 2.03 bits per heavy atom. The van der Waals surface area contributed by atoms with Gasteiger partial charge in [0.2, 0.25) is 0 Å². The Morgan fingerprint density at radius 1 is 1.17 bits per heavy atom. The zero-order valence-electron chi connectivity index (χ0n) is 15.8. The Morgan fingerprint density at radius 3 is 2.86 bits per heavy atom. The maximum absolute atomic E-state index is 12.9. The van der Waals surface area contributed by atoms with Gasteiger partial charge in [-0.15, -0.1) is 23.1 Å². The van der Waals surface area contributed by atoms with Crippen LogP contribution in [0.5, 0.6) is 0 Å². The van der Waals surface area contributed by atoms with Crippen LogP contribution in [-0.2, 0) is 0 Å². The predicted octanol–water partition coefficient (Wildman–Crippen LogP) is 5.95. The fourth-order valence-corrected chi connectivity index (χ4v) is 5.46. The summed E-state index contributed by atoms with van der Waals surface area (Å²) in [5.41, 5.74) is 2.59. The molecule has 0 bridgehead atoms. The standard InChI is InChI=1S/C22H17N3O2S2/c1-12-10-18(14-6-3-4-7-16(14)23-12)29-13(2)20-24-21(26)19-15(11-28-22(19)25-20)17-8-5-9-27-17/h3-11,13H,1-2H3,(H,24,25,26). The first-order valence-corrected chi connectivity index (χ1v) is 10.9. The number of pyridine rings is 1. The highest BCUT2D eigenvalue weighted by molar-refractivity contribution is 7.99. The lowest BCUT2D eigenvalue weighted by Gasteiger charge is -2.13. The molecule has 144 valence electrons. The number of thioether (sulfide) groups is 1. The van der Waals surface area contributed by atoms with E-state index in [1.54, 1.807) is 18.0 Å². The Bertz CT molecular complexity index is 1390. The average molecular weight is 420 g/mol. The molecule has 0 spiro atoms. The first-order chi connectivity index (χ1) is 14.1. The fourth-order valence-electron chi connectivity index (χ4n) is 3.38. The highest BCUT2D eigenvalue weighted by Crippen LogP contribution is 2.38. The number of fused-ring (bicyclic) bond motifs is 2. The molecule has 1 unspecified atom stereocenters. The van der Waals surface area contributed by atoms with Crippen LogP contribution in [0.3, 0.4) is 0 Å². The summed E-state index contributed by atoms with van der Waals surface area (Å²) in [5, 5.41) is 3.59. The molecule has 0 radical (unpaired) electrons. The Balaban J connectivity index is 1.54. The van der Waals surface area contributed by atoms with Crippen molar-refractivity contribution in [2.75, 3.05) is 0 Å². The molecule has 0 fully saturated rings. The van der Waals surface area contributed by atoms with Gasteiger partial charge in [0.1, 0.15) is 16.4 Å². The van der Waals surface area contributed by atoms with Crippen LogP contribution in [0.15, 0.2) is 68.2 Å². The van der Waals surface area contributed by atoms with Crippen molar-refractivity contribution < 1.29 is 4.42 Å². The molecule has 1 N–H and O–H groups in total. The van der Waals surface area contributed by atoms with Crippen LogP contribution in [-0.4, -0.2) is 15.0 Å². The Kier molecular flexibility index (Phi) is 4.49. The van der Waals surface area contributed by atoms with Gasteiger partial charge in [-0.2, -0.15) is 0 Å². The lowest BCUT2D eigenvalue weighted by atomic mass is 10.2. The van der Waals surface area contributed by atoms with E-state index in [2.05, 4.69) is 29.0 Å². The maximum atomic E-state index is 12.9. The number of rotatable bonds is 4. The summed E-state index contributed by atoms with van der Waals surface area (Å²) in [4.78, 5) is 27.0. The molecule has 4 aromatic heterocycles. The minimum Gasteiger partial charge on any atom is -0.464 e. The Labute approximate surface area is 174 Å². The topological polar surface area (TPSA) is 71.8 Å². The highest BCUT2D eigenvalue weighted by Gasteiger charge is 2.18. The molecule has 7 heteroatoms. The number of nitrogens with one attached hydrogen (secondary N) is 1. The van der Waals surface area contributed by atoms with Crippen LogP contribution in [0.1, 0.15) is 23.7 Å². The van der Waals surface area contributed by atoms with Crippen molar-refractivity contribution in [3.8, 4) is 11.3 Å². The number of aromatic nitrogens is 3. The summed E-state index contributed by atoms with van der Waals surface area (Å²) in [5.74, 6) is 1.34. The van der Waals surface area contributed by atoms with Gasteiger partial charge in [0, 0.05) is 26.9 Å². The van der Waals surface area contributed by atoms with E-state index < -0.39 is 0 Å². The Hall–Kier alpha value is -2.90. The van der Waals surface area contributed by atoms with Gasteiger partial charge in [0.15, 0.2) is 0 Å². The number of H-pyrrole nitrogens is 1. The van der Waals surface area contributed by atoms with E-state index in [4.69, 9.17) is 9.40 Å². The molecule has 5 nitrogen and oxygen atoms in total. The first-order valence-electron chi connectivity index (χ1n) is 9.18. The number of hydrogen-bond acceptors (Lipinski definition) is 6. The number of para-hydroxylation sites is 1. The van der Waals surface area contributed by atoms with Gasteiger partial charge in [-0.1, -0.05) is 18.2 Å². The van der Waals surface area contributed by atoms with E-state index in [9.17, 15) is 4.79 Å². The quantitative estimate of drug-likeness (QED) is 0.364. The van der Waals surface area contributed by atoms with E-state index in [-0.39, 0.29) is 10.8 Å². The molecule has 0 aliphatic carbocycles. The molecule has 5 rings (SSSR count). The number of hydrogen-bond donors (Lipinski definition) is 1. The lowest BCUT2D eigenvalue weighted by molar-refractivity contribution is 0.583. The van der Waals surface area contributed by atoms with Gasteiger partial charge in [0.05, 0.1) is 22.4 Å². The minimum atomic E-state index is -0.138. The molecule has 0 aliphatic heterocycles. The molecule has 29 heavy (non-hydrogen) atoms. The largest absolute Gasteiger partial charge is 0.464 e. The number of aromatic amines is 1. The monoisotopic (exact) mass is 419 g/mol. The van der Waals surface area contributed by atoms with E-state index in [1.807, 2.05) is 42.6 Å². The van der Waals surface area contributed by atoms with Crippen molar-refractivity contribution in [3.63, 3.8) is 0 Å². The SMILES string of the molecule is Cc1cc(SC(C)c2nc3scc(-c4ccco4)c3c(=O)[nH]2)c2ccccc2n1. The number of thiophene rings is 1. The molecule has 0 amide bonds. The van der Waals surface area contributed by atoms with Crippen LogP contribution < -0.4 is 5.56 Å². The average Bonchev–Trinajstić information content (AvgIpc) is 3.37. The van der Waals surface area contributed by atoms with Gasteiger partial charge < -0.3 is 9.40 Å². The van der Waals surface area contributed by atoms with Crippen molar-refractivity contribution in [3.05, 3.63) is 76.0 Å². The summed E-state index contributed by atoms with van der Waals surface area (Å²) >= 11 is 3.13. The van der Waals surface area contributed by atoms with Crippen molar-refractivity contribution in [2.24, 2.45) is 0 Å². The third-order valence-electron chi connectivity index (χ3n) is 4.74. The van der Waals surface area contributed by atoms with Crippen molar-refractivity contribution in [1.29, 1.82) is 0 Å². The molecule has 0 saturated carbocycles. The lowest BCUT2D eigenvalue weighted by Crippen LogP contribution is -2.12. The molecular weight excluding hydrogens is 402 g/mol. The molecule has 5 aromatic rings. The maximum Gasteiger partial charge on any atom is 0.260 e. The predicted molar refractivity (Wildman–Crippen MR) is 119 cm³/mol. The molecule has 0 saturated heterocycles. The fraction of sp³-hybridized carbons (Fsp3) is 0.136. The third-order valence-corrected chi connectivity index (χ3v) is 6.78. The molecule has 1 aromatic carbocycles. The molecule has 0 aliphatic rings. The highest BCUT2D eigenvalue weighted by atomic mass is 32.2. The van der Waals surface area contributed by atoms with Crippen LogP contribution >= 0.6 is 23.1 Å². The van der Waals surface area contributed by atoms with Crippen LogP contribution in [0.2, 0.25) is 0 Å². The van der Waals surface area contributed by atoms with E-state index in [0.29, 0.717) is 17.0 Å². The second-order valence-electron chi connectivity index (χ2n) is 6.80. The number of furan rings is 1. The van der Waals surface area contributed by atoms with E-state index in [0.717, 1.165) is 31.9 Å². The zero-order chi connectivity index (χ0) is 20.0. The molecule has 4 heterocycles. The van der Waals surface area contributed by atoms with Crippen molar-refractivity contribution >= 4 is 44.2 Å². The van der Waals surface area contributed by atoms with Gasteiger partial charge in [-0.3, -0.25) is 9.78 Å². The zero-order valence-corrected chi connectivity index (χ0v) is 17.4. The van der Waals surface area contributed by atoms with E-state index >= 15 is 0 Å². The molecule has 1 atom stereocenters. The summed E-state index contributed by atoms with van der Waals surface area (Å²) in [6, 6.07) is 13.9.